The number of carboxylic acid groups (broad SMARTS) is 1. The number of aromatic nitrogens is 1. The molecule has 2 heterocycles. The van der Waals surface area contributed by atoms with Crippen LogP contribution in [0.4, 0.5) is 4.79 Å². The molecule has 2 aliphatic rings. The Morgan fingerprint density at radius 1 is 1.03 bits per heavy atom. The zero-order valence-corrected chi connectivity index (χ0v) is 20.5. The van der Waals surface area contributed by atoms with Crippen LogP contribution in [-0.2, 0) is 0 Å². The van der Waals surface area contributed by atoms with E-state index < -0.39 is 6.09 Å². The summed E-state index contributed by atoms with van der Waals surface area (Å²) in [6.45, 7) is 6.72. The molecular weight excluding hydrogens is 446 g/mol. The minimum atomic E-state index is -0.966. The largest absolute Gasteiger partial charge is 0.476 e. The van der Waals surface area contributed by atoms with E-state index in [1.54, 1.807) is 6.07 Å². The Morgan fingerprint density at radius 2 is 1.69 bits per heavy atom. The second-order valence-corrected chi connectivity index (χ2v) is 9.80. The van der Waals surface area contributed by atoms with Crippen LogP contribution < -0.4 is 15.4 Å². The molecule has 1 aliphatic carbocycles. The van der Waals surface area contributed by atoms with Gasteiger partial charge in [0, 0.05) is 57.3 Å². The van der Waals surface area contributed by atoms with Crippen molar-refractivity contribution in [3.8, 4) is 5.88 Å². The molecule has 0 atom stereocenters. The minimum absolute atomic E-state index is 0.109. The van der Waals surface area contributed by atoms with Crippen molar-refractivity contribution in [2.75, 3.05) is 59.5 Å². The zero-order chi connectivity index (χ0) is 24.6. The first-order valence-corrected chi connectivity index (χ1v) is 12.7. The molecular formula is C26H37N5O4. The average Bonchev–Trinajstić information content (AvgIpc) is 2.87. The molecule has 1 saturated carbocycles. The van der Waals surface area contributed by atoms with E-state index in [0.717, 1.165) is 69.3 Å². The summed E-state index contributed by atoms with van der Waals surface area (Å²) in [6.07, 6.45) is 2.97. The SMILES string of the molecule is CN1CCN(CCOc2cc(C(=O)NC[C@H]3CC[C@H](CNC(=O)O)CC3)c3ccccc3n2)CC1. The summed E-state index contributed by atoms with van der Waals surface area (Å²) in [5.41, 5.74) is 1.34. The fraction of sp³-hybridized carbons (Fsp3) is 0.577. The normalized spacial score (nSPS) is 21.5. The van der Waals surface area contributed by atoms with Crippen molar-refractivity contribution >= 4 is 22.9 Å². The highest BCUT2D eigenvalue weighted by molar-refractivity contribution is 6.06. The monoisotopic (exact) mass is 483 g/mol. The van der Waals surface area contributed by atoms with Crippen LogP contribution in [0.15, 0.2) is 30.3 Å². The number of benzene rings is 1. The number of piperazine rings is 1. The van der Waals surface area contributed by atoms with Gasteiger partial charge >= 0.3 is 6.09 Å². The molecule has 9 heteroatoms. The number of rotatable bonds is 9. The summed E-state index contributed by atoms with van der Waals surface area (Å²) < 4.78 is 5.99. The highest BCUT2D eigenvalue weighted by Gasteiger charge is 2.23. The van der Waals surface area contributed by atoms with Crippen molar-refractivity contribution in [3.05, 3.63) is 35.9 Å². The van der Waals surface area contributed by atoms with Crippen molar-refractivity contribution in [1.29, 1.82) is 0 Å². The molecule has 0 bridgehead atoms. The zero-order valence-electron chi connectivity index (χ0n) is 20.5. The van der Waals surface area contributed by atoms with E-state index in [4.69, 9.17) is 9.84 Å². The lowest BCUT2D eigenvalue weighted by molar-refractivity contribution is 0.0941. The van der Waals surface area contributed by atoms with Gasteiger partial charge < -0.3 is 25.4 Å². The molecule has 1 saturated heterocycles. The molecule has 2 aromatic rings. The van der Waals surface area contributed by atoms with Gasteiger partial charge in [-0.1, -0.05) is 18.2 Å². The van der Waals surface area contributed by atoms with Gasteiger partial charge in [0.2, 0.25) is 5.88 Å². The van der Waals surface area contributed by atoms with Crippen LogP contribution in [0, 0.1) is 11.8 Å². The summed E-state index contributed by atoms with van der Waals surface area (Å²) >= 11 is 0. The second-order valence-electron chi connectivity index (χ2n) is 9.80. The number of nitrogens with one attached hydrogen (secondary N) is 2. The fourth-order valence-corrected chi connectivity index (χ4v) is 4.97. The molecule has 4 rings (SSSR count). The number of carbonyl (C=O) groups excluding carboxylic acids is 1. The van der Waals surface area contributed by atoms with Gasteiger partial charge in [-0.25, -0.2) is 9.78 Å². The minimum Gasteiger partial charge on any atom is -0.476 e. The Hall–Kier alpha value is -2.91. The van der Waals surface area contributed by atoms with Gasteiger partial charge in [-0.2, -0.15) is 0 Å². The van der Waals surface area contributed by atoms with E-state index in [-0.39, 0.29) is 5.91 Å². The van der Waals surface area contributed by atoms with Crippen LogP contribution in [0.25, 0.3) is 10.9 Å². The summed E-state index contributed by atoms with van der Waals surface area (Å²) in [6, 6.07) is 9.43. The van der Waals surface area contributed by atoms with Crippen molar-refractivity contribution in [1.82, 2.24) is 25.4 Å². The smallest absolute Gasteiger partial charge is 0.404 e. The second kappa shape index (κ2) is 12.2. The molecule has 0 spiro atoms. The predicted octanol–water partition coefficient (Wildman–Crippen LogP) is 2.66. The first-order valence-electron chi connectivity index (χ1n) is 12.7. The van der Waals surface area contributed by atoms with E-state index in [1.807, 2.05) is 24.3 Å². The number of carbonyl (C=O) groups is 2. The van der Waals surface area contributed by atoms with Gasteiger partial charge in [0.05, 0.1) is 11.1 Å². The Labute approximate surface area is 206 Å². The Bertz CT molecular complexity index is 1000. The number of fused-ring (bicyclic) bond motifs is 1. The van der Waals surface area contributed by atoms with Crippen LogP contribution in [-0.4, -0.2) is 91.4 Å². The third-order valence-corrected chi connectivity index (χ3v) is 7.25. The number of para-hydroxylation sites is 1. The van der Waals surface area contributed by atoms with Crippen molar-refractivity contribution in [2.24, 2.45) is 11.8 Å². The van der Waals surface area contributed by atoms with Gasteiger partial charge in [-0.05, 0) is 50.6 Å². The molecule has 1 aliphatic heterocycles. The van der Waals surface area contributed by atoms with Gasteiger partial charge in [0.1, 0.15) is 6.61 Å². The topological polar surface area (TPSA) is 107 Å². The quantitative estimate of drug-likeness (QED) is 0.503. The lowest BCUT2D eigenvalue weighted by Gasteiger charge is -2.32. The highest BCUT2D eigenvalue weighted by Crippen LogP contribution is 2.28. The first kappa shape index (κ1) is 25.2. The number of ether oxygens (including phenoxy) is 1. The predicted molar refractivity (Wildman–Crippen MR) is 135 cm³/mol. The van der Waals surface area contributed by atoms with Crippen LogP contribution >= 0.6 is 0 Å². The number of likely N-dealkylation sites (N-methyl/N-ethyl adjacent to an activating group) is 1. The maximum atomic E-state index is 13.2. The van der Waals surface area contributed by atoms with Gasteiger partial charge in [-0.15, -0.1) is 0 Å². The molecule has 0 unspecified atom stereocenters. The fourth-order valence-electron chi connectivity index (χ4n) is 4.97. The van der Waals surface area contributed by atoms with Gasteiger partial charge in [0.25, 0.3) is 5.91 Å². The molecule has 2 fully saturated rings. The van der Waals surface area contributed by atoms with Crippen molar-refractivity contribution < 1.29 is 19.4 Å². The molecule has 3 N–H and O–H groups in total. The van der Waals surface area contributed by atoms with E-state index in [0.29, 0.717) is 43.0 Å². The first-order chi connectivity index (χ1) is 17.0. The Kier molecular flexibility index (Phi) is 8.76. The Morgan fingerprint density at radius 3 is 2.37 bits per heavy atom. The maximum absolute atomic E-state index is 13.2. The van der Waals surface area contributed by atoms with Crippen LogP contribution in [0.1, 0.15) is 36.0 Å². The van der Waals surface area contributed by atoms with E-state index in [9.17, 15) is 9.59 Å². The number of pyridine rings is 1. The molecule has 1 aromatic carbocycles. The molecule has 2 amide bonds. The number of hydrogen-bond acceptors (Lipinski definition) is 6. The van der Waals surface area contributed by atoms with E-state index in [1.165, 1.54) is 0 Å². The summed E-state index contributed by atoms with van der Waals surface area (Å²) in [4.78, 5) is 33.2. The third kappa shape index (κ3) is 7.29. The number of hydrogen-bond donors (Lipinski definition) is 3. The molecule has 1 aromatic heterocycles. The molecule has 9 nitrogen and oxygen atoms in total. The summed E-state index contributed by atoms with van der Waals surface area (Å²) in [7, 11) is 2.14. The number of amides is 2. The van der Waals surface area contributed by atoms with Crippen LogP contribution in [0.3, 0.4) is 0 Å². The third-order valence-electron chi connectivity index (χ3n) is 7.25. The highest BCUT2D eigenvalue weighted by atomic mass is 16.5. The Balaban J connectivity index is 1.32. The number of nitrogens with zero attached hydrogens (tertiary/aromatic N) is 3. The van der Waals surface area contributed by atoms with Crippen molar-refractivity contribution in [2.45, 2.75) is 25.7 Å². The van der Waals surface area contributed by atoms with Gasteiger partial charge in [-0.3, -0.25) is 9.69 Å². The molecule has 0 radical (unpaired) electrons. The molecule has 35 heavy (non-hydrogen) atoms. The summed E-state index contributed by atoms with van der Waals surface area (Å²) in [5.74, 6) is 1.16. The standard InChI is InChI=1S/C26H37N5O4/c1-30-10-12-31(13-11-30)14-15-35-24-16-22(21-4-2-3-5-23(21)29-24)25(32)27-17-19-6-8-20(9-7-19)18-28-26(33)34/h2-5,16,19-20,28H,6-15,17-18H2,1H3,(H,27,32)(H,33,34)/t19-,20-. The summed E-state index contributed by atoms with van der Waals surface area (Å²) in [5, 5.41) is 15.2. The lowest BCUT2D eigenvalue weighted by atomic mass is 9.82. The van der Waals surface area contributed by atoms with Crippen LogP contribution in [0.2, 0.25) is 0 Å². The van der Waals surface area contributed by atoms with Crippen LogP contribution in [0.5, 0.6) is 5.88 Å². The lowest BCUT2D eigenvalue weighted by Crippen LogP contribution is -2.45. The molecule has 190 valence electrons. The van der Waals surface area contributed by atoms with Crippen molar-refractivity contribution in [3.63, 3.8) is 0 Å². The van der Waals surface area contributed by atoms with E-state index >= 15 is 0 Å². The van der Waals surface area contributed by atoms with Gasteiger partial charge in [0.15, 0.2) is 0 Å². The van der Waals surface area contributed by atoms with E-state index in [2.05, 4.69) is 32.5 Å². The average molecular weight is 484 g/mol. The maximum Gasteiger partial charge on any atom is 0.404 e.